The number of hydrogen-bond acceptors (Lipinski definition) is 7. The second-order valence-electron chi connectivity index (χ2n) is 8.32. The van der Waals surface area contributed by atoms with Gasteiger partial charge in [0.25, 0.3) is 0 Å². The molecule has 0 bridgehead atoms. The second kappa shape index (κ2) is 10.3. The van der Waals surface area contributed by atoms with Gasteiger partial charge in [0.05, 0.1) is 13.0 Å². The normalized spacial score (nSPS) is 15.3. The van der Waals surface area contributed by atoms with Crippen molar-refractivity contribution in [2.45, 2.75) is 32.8 Å². The van der Waals surface area contributed by atoms with E-state index in [1.807, 2.05) is 62.2 Å². The average molecular weight is 461 g/mol. The third-order valence-electron chi connectivity index (χ3n) is 5.59. The second-order valence-corrected chi connectivity index (χ2v) is 8.32. The molecule has 0 radical (unpaired) electrons. The maximum absolute atomic E-state index is 12.4. The van der Waals surface area contributed by atoms with Crippen LogP contribution in [0.5, 0.6) is 0 Å². The molecule has 0 aliphatic carbocycles. The van der Waals surface area contributed by atoms with E-state index in [0.29, 0.717) is 31.1 Å². The Labute approximate surface area is 198 Å². The first-order chi connectivity index (χ1) is 16.4. The van der Waals surface area contributed by atoms with Gasteiger partial charge in [0.15, 0.2) is 0 Å². The molecule has 0 saturated carbocycles. The molecule has 4 rings (SSSR count). The van der Waals surface area contributed by atoms with E-state index in [1.165, 1.54) is 0 Å². The molecule has 1 aliphatic heterocycles. The molecule has 2 aromatic heterocycles. The largest absolute Gasteiger partial charge is 0.444 e. The summed E-state index contributed by atoms with van der Waals surface area (Å²) >= 11 is 0. The minimum atomic E-state index is -0.580. The molecule has 3 aromatic rings. The molecule has 3 heterocycles. The lowest BCUT2D eigenvalue weighted by Gasteiger charge is -2.19. The molecule has 1 aliphatic rings. The Morgan fingerprint density at radius 3 is 2.56 bits per heavy atom. The maximum Gasteiger partial charge on any atom is 0.411 e. The number of ether oxygens (including phenoxy) is 1. The summed E-state index contributed by atoms with van der Waals surface area (Å²) in [5, 5.41) is 2.73. The molecule has 1 N–H and O–H groups in total. The number of carbonyl (C=O) groups is 2. The van der Waals surface area contributed by atoms with Crippen molar-refractivity contribution >= 4 is 29.3 Å². The lowest BCUT2D eigenvalue weighted by molar-refractivity contribution is -0.127. The summed E-state index contributed by atoms with van der Waals surface area (Å²) in [7, 11) is 1.89. The first kappa shape index (κ1) is 23.2. The molecule has 34 heavy (non-hydrogen) atoms. The molecule has 2 amide bonds. The van der Waals surface area contributed by atoms with Crippen LogP contribution in [0.1, 0.15) is 23.5 Å². The maximum atomic E-state index is 12.4. The highest BCUT2D eigenvalue weighted by molar-refractivity contribution is 5.86. The van der Waals surface area contributed by atoms with Crippen molar-refractivity contribution in [3.8, 4) is 0 Å². The lowest BCUT2D eigenvalue weighted by atomic mass is 10.2. The van der Waals surface area contributed by atoms with Crippen LogP contribution in [0.25, 0.3) is 0 Å². The summed E-state index contributed by atoms with van der Waals surface area (Å²) < 4.78 is 5.48. The van der Waals surface area contributed by atoms with Gasteiger partial charge in [-0.15, -0.1) is 0 Å². The SMILES string of the molecule is Cc1cc(C)nc(N(C)c2ccc(NC(=O)OC3CC(=O)N(CCc4ccccn4)C3)cc2)n1. The van der Waals surface area contributed by atoms with Crippen LogP contribution >= 0.6 is 0 Å². The molecule has 1 unspecified atom stereocenters. The van der Waals surface area contributed by atoms with E-state index in [9.17, 15) is 9.59 Å². The molecule has 1 atom stereocenters. The molecule has 1 fully saturated rings. The number of nitrogens with zero attached hydrogens (tertiary/aromatic N) is 5. The summed E-state index contributed by atoms with van der Waals surface area (Å²) in [5.74, 6) is 0.589. The van der Waals surface area contributed by atoms with Crippen LogP contribution in [0.3, 0.4) is 0 Å². The molecule has 9 heteroatoms. The molecule has 9 nitrogen and oxygen atoms in total. The fourth-order valence-corrected chi connectivity index (χ4v) is 3.87. The fraction of sp³-hybridized carbons (Fsp3) is 0.320. The average Bonchev–Trinajstić information content (AvgIpc) is 3.16. The Morgan fingerprint density at radius 2 is 1.88 bits per heavy atom. The molecule has 0 spiro atoms. The van der Waals surface area contributed by atoms with Crippen molar-refractivity contribution in [3.63, 3.8) is 0 Å². The van der Waals surface area contributed by atoms with E-state index in [-0.39, 0.29) is 12.3 Å². The zero-order valence-electron chi connectivity index (χ0n) is 19.6. The Kier molecular flexibility index (Phi) is 7.01. The molecular formula is C25H28N6O3. The fourth-order valence-electron chi connectivity index (χ4n) is 3.87. The van der Waals surface area contributed by atoms with E-state index < -0.39 is 12.2 Å². The van der Waals surface area contributed by atoms with Gasteiger partial charge in [-0.3, -0.25) is 15.1 Å². The van der Waals surface area contributed by atoms with Gasteiger partial charge < -0.3 is 14.5 Å². The molecule has 1 saturated heterocycles. The zero-order chi connectivity index (χ0) is 24.1. The number of amides is 2. The van der Waals surface area contributed by atoms with Crippen molar-refractivity contribution in [2.24, 2.45) is 0 Å². The number of rotatable bonds is 7. The smallest absolute Gasteiger partial charge is 0.411 e. The van der Waals surface area contributed by atoms with Crippen LogP contribution in [0, 0.1) is 13.8 Å². The number of carbonyl (C=O) groups excluding carboxylic acids is 2. The first-order valence-corrected chi connectivity index (χ1v) is 11.2. The monoisotopic (exact) mass is 460 g/mol. The minimum absolute atomic E-state index is 0.0188. The Morgan fingerprint density at radius 1 is 1.15 bits per heavy atom. The van der Waals surface area contributed by atoms with Gasteiger partial charge in [-0.1, -0.05) is 6.07 Å². The van der Waals surface area contributed by atoms with Crippen LogP contribution in [-0.2, 0) is 16.0 Å². The van der Waals surface area contributed by atoms with Crippen LogP contribution in [-0.4, -0.2) is 58.1 Å². The Hall–Kier alpha value is -4.01. The first-order valence-electron chi connectivity index (χ1n) is 11.2. The van der Waals surface area contributed by atoms with E-state index in [2.05, 4.69) is 20.3 Å². The number of hydrogen-bond donors (Lipinski definition) is 1. The summed E-state index contributed by atoms with van der Waals surface area (Å²) in [6.45, 7) is 4.81. The summed E-state index contributed by atoms with van der Waals surface area (Å²) in [5.41, 5.74) is 4.21. The van der Waals surface area contributed by atoms with Crippen molar-refractivity contribution in [2.75, 3.05) is 30.4 Å². The Balaban J connectivity index is 1.28. The highest BCUT2D eigenvalue weighted by Gasteiger charge is 2.32. The highest BCUT2D eigenvalue weighted by atomic mass is 16.6. The molecular weight excluding hydrogens is 432 g/mol. The number of aromatic nitrogens is 3. The predicted molar refractivity (Wildman–Crippen MR) is 129 cm³/mol. The molecule has 176 valence electrons. The number of benzene rings is 1. The predicted octanol–water partition coefficient (Wildman–Crippen LogP) is 3.65. The van der Waals surface area contributed by atoms with Gasteiger partial charge in [0, 0.05) is 54.7 Å². The van der Waals surface area contributed by atoms with Gasteiger partial charge in [-0.25, -0.2) is 14.8 Å². The number of nitrogens with one attached hydrogen (secondary N) is 1. The van der Waals surface area contributed by atoms with Crippen LogP contribution in [0.4, 0.5) is 22.1 Å². The minimum Gasteiger partial charge on any atom is -0.444 e. The Bertz CT molecular complexity index is 1130. The zero-order valence-corrected chi connectivity index (χ0v) is 19.6. The van der Waals surface area contributed by atoms with Gasteiger partial charge in [0.2, 0.25) is 11.9 Å². The summed E-state index contributed by atoms with van der Waals surface area (Å²) in [6, 6.07) is 14.9. The number of pyridine rings is 1. The van der Waals surface area contributed by atoms with Crippen LogP contribution in [0.2, 0.25) is 0 Å². The van der Waals surface area contributed by atoms with E-state index >= 15 is 0 Å². The number of anilines is 3. The third kappa shape index (κ3) is 5.86. The van der Waals surface area contributed by atoms with Crippen molar-refractivity contribution in [1.82, 2.24) is 19.9 Å². The number of likely N-dealkylation sites (tertiary alicyclic amines) is 1. The van der Waals surface area contributed by atoms with E-state index in [4.69, 9.17) is 4.74 Å². The third-order valence-corrected chi connectivity index (χ3v) is 5.59. The highest BCUT2D eigenvalue weighted by Crippen LogP contribution is 2.23. The number of aryl methyl sites for hydroxylation is 2. The van der Waals surface area contributed by atoms with Gasteiger partial charge in [0.1, 0.15) is 6.10 Å². The van der Waals surface area contributed by atoms with Crippen molar-refractivity contribution in [3.05, 3.63) is 71.8 Å². The van der Waals surface area contributed by atoms with Gasteiger partial charge >= 0.3 is 6.09 Å². The molecule has 1 aromatic carbocycles. The van der Waals surface area contributed by atoms with E-state index in [0.717, 1.165) is 22.8 Å². The van der Waals surface area contributed by atoms with Gasteiger partial charge in [-0.2, -0.15) is 0 Å². The van der Waals surface area contributed by atoms with Crippen molar-refractivity contribution in [1.29, 1.82) is 0 Å². The van der Waals surface area contributed by atoms with Crippen LogP contribution in [0.15, 0.2) is 54.7 Å². The van der Waals surface area contributed by atoms with Crippen molar-refractivity contribution < 1.29 is 14.3 Å². The lowest BCUT2D eigenvalue weighted by Crippen LogP contribution is -2.30. The van der Waals surface area contributed by atoms with E-state index in [1.54, 1.807) is 23.2 Å². The summed E-state index contributed by atoms with van der Waals surface area (Å²) in [6.07, 6.45) is 1.54. The standard InChI is InChI=1S/C25H28N6O3/c1-17-14-18(2)28-24(27-17)30(3)21-9-7-20(8-10-21)29-25(33)34-22-15-23(32)31(16-22)13-11-19-6-4-5-12-26-19/h4-10,12,14,22H,11,13,15-16H2,1-3H3,(H,29,33). The summed E-state index contributed by atoms with van der Waals surface area (Å²) in [4.78, 5) is 41.5. The quantitative estimate of drug-likeness (QED) is 0.574. The van der Waals surface area contributed by atoms with Crippen LogP contribution < -0.4 is 10.2 Å². The van der Waals surface area contributed by atoms with Gasteiger partial charge in [-0.05, 0) is 56.3 Å². The topological polar surface area (TPSA) is 101 Å².